The first kappa shape index (κ1) is 28.2. The number of benzene rings is 2. The molecule has 2 heterocycles. The predicted molar refractivity (Wildman–Crippen MR) is 145 cm³/mol. The van der Waals surface area contributed by atoms with Crippen LogP contribution in [0.3, 0.4) is 0 Å². The lowest BCUT2D eigenvalue weighted by Crippen LogP contribution is -2.38. The normalized spacial score (nSPS) is 22.1. The number of aliphatic hydroxyl groups is 1. The number of hydrogen-bond acceptors (Lipinski definition) is 6. The van der Waals surface area contributed by atoms with Crippen molar-refractivity contribution in [1.29, 1.82) is 0 Å². The Labute approximate surface area is 235 Å². The molecule has 1 aromatic heterocycles. The van der Waals surface area contributed by atoms with E-state index < -0.39 is 16.0 Å². The van der Waals surface area contributed by atoms with Crippen molar-refractivity contribution in [3.63, 3.8) is 0 Å². The van der Waals surface area contributed by atoms with Gasteiger partial charge in [-0.2, -0.15) is 0 Å². The Morgan fingerprint density at radius 1 is 1.08 bits per heavy atom. The zero-order valence-corrected chi connectivity index (χ0v) is 23.4. The van der Waals surface area contributed by atoms with Crippen LogP contribution in [0.5, 0.6) is 0 Å². The molecule has 1 aliphatic rings. The zero-order valence-electron chi connectivity index (χ0n) is 20.3. The van der Waals surface area contributed by atoms with E-state index in [0.29, 0.717) is 5.75 Å². The number of thioether (sulfide) groups is 1. The van der Waals surface area contributed by atoms with Gasteiger partial charge in [-0.1, -0.05) is 102 Å². The summed E-state index contributed by atoms with van der Waals surface area (Å²) < 4.78 is 12.9. The van der Waals surface area contributed by atoms with Gasteiger partial charge in [-0.25, -0.2) is 4.98 Å². The van der Waals surface area contributed by atoms with Crippen LogP contribution >= 0.6 is 46.6 Å². The zero-order chi connectivity index (χ0) is 26.6. The maximum atomic E-state index is 11.8. The van der Waals surface area contributed by atoms with Gasteiger partial charge in [-0.15, -0.1) is 0 Å². The predicted octanol–water partition coefficient (Wildman–Crippen LogP) is 5.48. The van der Waals surface area contributed by atoms with Gasteiger partial charge >= 0.3 is 0 Å². The van der Waals surface area contributed by atoms with Crippen LogP contribution in [-0.4, -0.2) is 36.2 Å². The summed E-state index contributed by atoms with van der Waals surface area (Å²) in [5.74, 6) is 0.0937. The third-order valence-corrected chi connectivity index (χ3v) is 7.90. The Bertz CT molecular complexity index is 1190. The van der Waals surface area contributed by atoms with Gasteiger partial charge in [0.05, 0.1) is 18.8 Å². The van der Waals surface area contributed by atoms with Crippen molar-refractivity contribution in [2.45, 2.75) is 47.5 Å². The van der Waals surface area contributed by atoms with Crippen LogP contribution in [0.25, 0.3) is 0 Å². The van der Waals surface area contributed by atoms with Gasteiger partial charge in [-0.05, 0) is 16.7 Å². The second-order valence-electron chi connectivity index (χ2n) is 8.88. The number of ether oxygens (including phenoxy) is 2. The summed E-state index contributed by atoms with van der Waals surface area (Å²) in [6.45, 7) is 2.34. The van der Waals surface area contributed by atoms with Crippen molar-refractivity contribution in [1.82, 2.24) is 14.9 Å². The summed E-state index contributed by atoms with van der Waals surface area (Å²) in [6.07, 6.45) is 2.80. The van der Waals surface area contributed by atoms with Gasteiger partial charge in [-0.3, -0.25) is 4.79 Å². The SMILES string of the molecule is CC1C(CSc2nccn2C)OC(c2ccc(CNC(=O)C(Cl)(Cl)Cl)cc2)OC1c1ccc(CO)cc1. The summed E-state index contributed by atoms with van der Waals surface area (Å²) in [6, 6.07) is 15.4. The van der Waals surface area contributed by atoms with Crippen LogP contribution in [0.4, 0.5) is 0 Å². The number of rotatable bonds is 8. The Hall–Kier alpha value is -1.78. The van der Waals surface area contributed by atoms with E-state index in [-0.39, 0.29) is 31.3 Å². The fraction of sp³-hybridized carbons (Fsp3) is 0.385. The minimum Gasteiger partial charge on any atom is -0.392 e. The van der Waals surface area contributed by atoms with Gasteiger partial charge in [0, 0.05) is 43.2 Å². The van der Waals surface area contributed by atoms with Crippen LogP contribution in [-0.2, 0) is 34.5 Å². The molecule has 2 aromatic carbocycles. The van der Waals surface area contributed by atoms with Crippen LogP contribution in [0.15, 0.2) is 66.1 Å². The van der Waals surface area contributed by atoms with Crippen LogP contribution < -0.4 is 5.32 Å². The topological polar surface area (TPSA) is 85.6 Å². The molecule has 4 atom stereocenters. The van der Waals surface area contributed by atoms with Gasteiger partial charge < -0.3 is 24.5 Å². The van der Waals surface area contributed by atoms with Crippen molar-refractivity contribution in [2.75, 3.05) is 5.75 Å². The van der Waals surface area contributed by atoms with E-state index in [1.165, 1.54) is 0 Å². The molecule has 4 unspecified atom stereocenters. The largest absolute Gasteiger partial charge is 0.392 e. The first-order valence-corrected chi connectivity index (χ1v) is 13.8. The number of aryl methyl sites for hydroxylation is 1. The van der Waals surface area contributed by atoms with E-state index in [9.17, 15) is 9.90 Å². The fourth-order valence-electron chi connectivity index (χ4n) is 4.03. The highest BCUT2D eigenvalue weighted by Gasteiger charge is 2.38. The number of alkyl halides is 3. The molecule has 4 rings (SSSR count). The number of carbonyl (C=O) groups excluding carboxylic acids is 1. The quantitative estimate of drug-likeness (QED) is 0.269. The standard InChI is InChI=1S/C26H28Cl3N3O4S/c1-16-21(15-37-25-30-11-12-32(25)2)35-23(36-22(16)19-7-5-18(14-33)6-8-19)20-9-3-17(4-10-20)13-31-24(34)26(27,28)29/h3-12,16,21-23,33H,13-15H2,1-2H3,(H,31,34). The molecule has 1 aliphatic heterocycles. The fourth-order valence-corrected chi connectivity index (χ4v) is 5.33. The lowest BCUT2D eigenvalue weighted by atomic mass is 9.91. The summed E-state index contributed by atoms with van der Waals surface area (Å²) in [5.41, 5.74) is 3.57. The summed E-state index contributed by atoms with van der Waals surface area (Å²) >= 11 is 18.5. The lowest BCUT2D eigenvalue weighted by molar-refractivity contribution is -0.268. The highest BCUT2D eigenvalue weighted by Crippen LogP contribution is 2.43. The van der Waals surface area contributed by atoms with Crippen LogP contribution in [0, 0.1) is 5.92 Å². The molecule has 0 aliphatic carbocycles. The van der Waals surface area contributed by atoms with E-state index in [1.807, 2.05) is 66.3 Å². The Morgan fingerprint density at radius 3 is 2.32 bits per heavy atom. The van der Waals surface area contributed by atoms with Gasteiger partial charge in [0.1, 0.15) is 0 Å². The molecule has 3 aromatic rings. The van der Waals surface area contributed by atoms with Crippen molar-refractivity contribution >= 4 is 52.5 Å². The minimum absolute atomic E-state index is 0.00944. The molecule has 198 valence electrons. The Balaban J connectivity index is 1.51. The highest BCUT2D eigenvalue weighted by molar-refractivity contribution is 7.99. The molecule has 1 amide bonds. The number of amides is 1. The van der Waals surface area contributed by atoms with Crippen LogP contribution in [0.2, 0.25) is 0 Å². The number of hydrogen-bond donors (Lipinski definition) is 2. The molecular formula is C26H28Cl3N3O4S. The van der Waals surface area contributed by atoms with Crippen molar-refractivity contribution in [3.05, 3.63) is 83.2 Å². The summed E-state index contributed by atoms with van der Waals surface area (Å²) in [4.78, 5) is 16.2. The molecule has 2 N–H and O–H groups in total. The molecule has 0 bridgehead atoms. The number of halogens is 3. The van der Waals surface area contributed by atoms with E-state index >= 15 is 0 Å². The molecule has 1 saturated heterocycles. The van der Waals surface area contributed by atoms with E-state index in [4.69, 9.17) is 44.3 Å². The van der Waals surface area contributed by atoms with Crippen molar-refractivity contribution < 1.29 is 19.4 Å². The van der Waals surface area contributed by atoms with Crippen molar-refractivity contribution in [2.24, 2.45) is 13.0 Å². The van der Waals surface area contributed by atoms with Crippen LogP contribution in [0.1, 0.15) is 41.6 Å². The molecule has 7 nitrogen and oxygen atoms in total. The monoisotopic (exact) mass is 583 g/mol. The second-order valence-corrected chi connectivity index (χ2v) is 12.1. The third-order valence-electron chi connectivity index (χ3n) is 6.24. The number of nitrogens with zero attached hydrogens (tertiary/aromatic N) is 2. The minimum atomic E-state index is -2.01. The first-order chi connectivity index (χ1) is 17.7. The number of nitrogens with one attached hydrogen (secondary N) is 1. The number of aromatic nitrogens is 2. The Kier molecular flexibility index (Phi) is 9.45. The maximum absolute atomic E-state index is 11.8. The molecule has 11 heteroatoms. The number of aliphatic hydroxyl groups excluding tert-OH is 1. The average Bonchev–Trinajstić information content (AvgIpc) is 3.31. The summed E-state index contributed by atoms with van der Waals surface area (Å²) in [7, 11) is 1.97. The number of imidazole rings is 1. The summed E-state index contributed by atoms with van der Waals surface area (Å²) in [5, 5.41) is 13.0. The number of carbonyl (C=O) groups is 1. The van der Waals surface area contributed by atoms with Gasteiger partial charge in [0.15, 0.2) is 11.4 Å². The molecule has 0 spiro atoms. The average molecular weight is 585 g/mol. The highest BCUT2D eigenvalue weighted by atomic mass is 35.6. The van der Waals surface area contributed by atoms with Gasteiger partial charge in [0.2, 0.25) is 0 Å². The smallest absolute Gasteiger partial charge is 0.272 e. The molecule has 1 fully saturated rings. The molecule has 0 radical (unpaired) electrons. The molecule has 37 heavy (non-hydrogen) atoms. The van der Waals surface area contributed by atoms with E-state index in [2.05, 4.69) is 17.2 Å². The third kappa shape index (κ3) is 7.20. The maximum Gasteiger partial charge on any atom is 0.272 e. The Morgan fingerprint density at radius 2 is 1.73 bits per heavy atom. The van der Waals surface area contributed by atoms with Crippen molar-refractivity contribution in [3.8, 4) is 0 Å². The van der Waals surface area contributed by atoms with Gasteiger partial charge in [0.25, 0.3) is 9.70 Å². The first-order valence-electron chi connectivity index (χ1n) is 11.7. The lowest BCUT2D eigenvalue weighted by Gasteiger charge is -2.41. The van der Waals surface area contributed by atoms with E-state index in [0.717, 1.165) is 27.4 Å². The van der Waals surface area contributed by atoms with E-state index in [1.54, 1.807) is 18.0 Å². The second kappa shape index (κ2) is 12.4. The molecular weight excluding hydrogens is 557 g/mol. The molecule has 0 saturated carbocycles.